The molecule has 0 aliphatic rings. The monoisotopic (exact) mass is 287 g/mol. The number of nitrogens with one attached hydrogen (secondary N) is 1. The van der Waals surface area contributed by atoms with Crippen LogP contribution in [0.3, 0.4) is 0 Å². The zero-order chi connectivity index (χ0) is 15.2. The third kappa shape index (κ3) is 4.10. The summed E-state index contributed by atoms with van der Waals surface area (Å²) in [5.74, 6) is -0.520. The first kappa shape index (κ1) is 15.1. The lowest BCUT2D eigenvalue weighted by atomic mass is 10.0. The van der Waals surface area contributed by atoms with Crippen LogP contribution in [0.2, 0.25) is 0 Å². The van der Waals surface area contributed by atoms with Crippen LogP contribution < -0.4 is 5.32 Å². The van der Waals surface area contributed by atoms with Gasteiger partial charge in [0.2, 0.25) is 5.91 Å². The van der Waals surface area contributed by atoms with Gasteiger partial charge in [0.05, 0.1) is 0 Å². The van der Waals surface area contributed by atoms with Crippen molar-refractivity contribution in [2.75, 3.05) is 14.1 Å². The van der Waals surface area contributed by atoms with E-state index in [4.69, 9.17) is 0 Å². The molecule has 0 aliphatic heterocycles. The number of carbonyl (C=O) groups excluding carboxylic acids is 1. The molecule has 1 amide bonds. The Morgan fingerprint density at radius 3 is 2.76 bits per heavy atom. The topological polar surface area (TPSA) is 45.2 Å². The number of pyridine rings is 1. The first-order valence-electron chi connectivity index (χ1n) is 6.66. The van der Waals surface area contributed by atoms with Gasteiger partial charge in [-0.2, -0.15) is 0 Å². The Hall–Kier alpha value is -2.27. The molecule has 1 aromatic heterocycles. The Bertz CT molecular complexity index is 601. The molecule has 0 spiro atoms. The van der Waals surface area contributed by atoms with Gasteiger partial charge < -0.3 is 5.32 Å². The molecule has 0 fully saturated rings. The van der Waals surface area contributed by atoms with E-state index in [1.165, 1.54) is 12.1 Å². The van der Waals surface area contributed by atoms with Crippen LogP contribution in [0, 0.1) is 5.82 Å². The summed E-state index contributed by atoms with van der Waals surface area (Å²) in [4.78, 5) is 18.1. The molecule has 1 aromatic carbocycles. The fourth-order valence-electron chi connectivity index (χ4n) is 2.15. The van der Waals surface area contributed by atoms with Crippen LogP contribution >= 0.6 is 0 Å². The maximum Gasteiger partial charge on any atom is 0.242 e. The van der Waals surface area contributed by atoms with Gasteiger partial charge in [0.15, 0.2) is 0 Å². The highest BCUT2D eigenvalue weighted by Crippen LogP contribution is 2.19. The zero-order valence-corrected chi connectivity index (χ0v) is 12.1. The van der Waals surface area contributed by atoms with Crippen molar-refractivity contribution in [2.24, 2.45) is 0 Å². The van der Waals surface area contributed by atoms with Gasteiger partial charge in [0.25, 0.3) is 0 Å². The van der Waals surface area contributed by atoms with Crippen LogP contribution in [-0.4, -0.2) is 29.9 Å². The highest BCUT2D eigenvalue weighted by atomic mass is 19.1. The van der Waals surface area contributed by atoms with Crippen LogP contribution in [0.5, 0.6) is 0 Å². The number of likely N-dealkylation sites (N-methyl/N-ethyl adjacent to an activating group) is 1. The summed E-state index contributed by atoms with van der Waals surface area (Å²) < 4.78 is 13.3. The van der Waals surface area contributed by atoms with Gasteiger partial charge in [-0.3, -0.25) is 14.7 Å². The number of hydrogen-bond donors (Lipinski definition) is 1. The SMILES string of the molecule is CN(C)[C@H](C(=O)NCc1cccnc1)c1cccc(F)c1. The molecular weight excluding hydrogens is 269 g/mol. The smallest absolute Gasteiger partial charge is 0.242 e. The summed E-state index contributed by atoms with van der Waals surface area (Å²) in [6.45, 7) is 0.395. The first-order valence-corrected chi connectivity index (χ1v) is 6.66. The minimum Gasteiger partial charge on any atom is -0.350 e. The van der Waals surface area contributed by atoms with E-state index < -0.39 is 6.04 Å². The molecule has 0 unspecified atom stereocenters. The number of rotatable bonds is 5. The van der Waals surface area contributed by atoms with Crippen LogP contribution in [0.25, 0.3) is 0 Å². The summed E-state index contributed by atoms with van der Waals surface area (Å²) in [5.41, 5.74) is 1.55. The van der Waals surface area contributed by atoms with Crippen LogP contribution in [0.1, 0.15) is 17.2 Å². The lowest BCUT2D eigenvalue weighted by Crippen LogP contribution is -2.36. The third-order valence-electron chi connectivity index (χ3n) is 3.12. The summed E-state index contributed by atoms with van der Waals surface area (Å²) in [6, 6.07) is 9.28. The van der Waals surface area contributed by atoms with Gasteiger partial charge in [-0.05, 0) is 43.4 Å². The highest BCUT2D eigenvalue weighted by molar-refractivity contribution is 5.83. The normalized spacial score (nSPS) is 12.2. The van der Waals surface area contributed by atoms with Gasteiger partial charge in [-0.25, -0.2) is 4.39 Å². The Balaban J connectivity index is 2.09. The quantitative estimate of drug-likeness (QED) is 0.916. The second kappa shape index (κ2) is 6.95. The molecule has 2 rings (SSSR count). The average Bonchev–Trinajstić information content (AvgIpc) is 2.46. The predicted octanol–water partition coefficient (Wildman–Crippen LogP) is 2.14. The van der Waals surface area contributed by atoms with Crippen LogP contribution in [-0.2, 0) is 11.3 Å². The molecule has 0 saturated carbocycles. The highest BCUT2D eigenvalue weighted by Gasteiger charge is 2.22. The number of nitrogens with zero attached hydrogens (tertiary/aromatic N) is 2. The van der Waals surface area contributed by atoms with E-state index in [9.17, 15) is 9.18 Å². The molecule has 1 heterocycles. The van der Waals surface area contributed by atoms with Crippen molar-refractivity contribution in [3.8, 4) is 0 Å². The summed E-state index contributed by atoms with van der Waals surface area (Å²) in [7, 11) is 3.58. The first-order chi connectivity index (χ1) is 10.1. The molecule has 110 valence electrons. The minimum atomic E-state index is -0.530. The molecule has 2 aromatic rings. The summed E-state index contributed by atoms with van der Waals surface area (Å²) in [6.07, 6.45) is 3.38. The van der Waals surface area contributed by atoms with Gasteiger partial charge in [-0.1, -0.05) is 18.2 Å². The van der Waals surface area contributed by atoms with E-state index in [0.717, 1.165) is 5.56 Å². The van der Waals surface area contributed by atoms with Crippen molar-refractivity contribution in [3.05, 3.63) is 65.7 Å². The Morgan fingerprint density at radius 1 is 1.33 bits per heavy atom. The third-order valence-corrected chi connectivity index (χ3v) is 3.12. The average molecular weight is 287 g/mol. The fourth-order valence-corrected chi connectivity index (χ4v) is 2.15. The van der Waals surface area contributed by atoms with E-state index in [-0.39, 0.29) is 11.7 Å². The molecule has 21 heavy (non-hydrogen) atoms. The fraction of sp³-hybridized carbons (Fsp3) is 0.250. The molecule has 1 N–H and O–H groups in total. The molecule has 0 saturated heterocycles. The molecule has 0 radical (unpaired) electrons. The summed E-state index contributed by atoms with van der Waals surface area (Å²) >= 11 is 0. The zero-order valence-electron chi connectivity index (χ0n) is 12.1. The van der Waals surface area contributed by atoms with Crippen LogP contribution in [0.4, 0.5) is 4.39 Å². The molecule has 4 nitrogen and oxygen atoms in total. The Kier molecular flexibility index (Phi) is 5.00. The molecular formula is C16H18FN3O. The van der Waals surface area contributed by atoms with Crippen LogP contribution in [0.15, 0.2) is 48.8 Å². The minimum absolute atomic E-state index is 0.172. The molecule has 1 atom stereocenters. The van der Waals surface area contributed by atoms with Gasteiger partial charge >= 0.3 is 0 Å². The number of hydrogen-bond acceptors (Lipinski definition) is 3. The van der Waals surface area contributed by atoms with Crippen molar-refractivity contribution in [3.63, 3.8) is 0 Å². The summed E-state index contributed by atoms with van der Waals surface area (Å²) in [5, 5.41) is 2.86. The number of aromatic nitrogens is 1. The molecule has 0 bridgehead atoms. The Labute approximate surface area is 123 Å². The number of carbonyl (C=O) groups is 1. The number of halogens is 1. The van der Waals surface area contributed by atoms with Crippen molar-refractivity contribution in [1.29, 1.82) is 0 Å². The molecule has 0 aliphatic carbocycles. The molecule has 5 heteroatoms. The number of benzene rings is 1. The number of amides is 1. The van der Waals surface area contributed by atoms with Gasteiger partial charge in [-0.15, -0.1) is 0 Å². The van der Waals surface area contributed by atoms with E-state index in [1.807, 2.05) is 12.1 Å². The van der Waals surface area contributed by atoms with Gasteiger partial charge in [0, 0.05) is 18.9 Å². The maximum atomic E-state index is 13.3. The predicted molar refractivity (Wildman–Crippen MR) is 78.9 cm³/mol. The van der Waals surface area contributed by atoms with Crippen molar-refractivity contribution in [2.45, 2.75) is 12.6 Å². The Morgan fingerprint density at radius 2 is 2.14 bits per heavy atom. The maximum absolute atomic E-state index is 13.3. The lowest BCUT2D eigenvalue weighted by molar-refractivity contribution is -0.125. The van der Waals surface area contributed by atoms with E-state index in [0.29, 0.717) is 12.1 Å². The second-order valence-corrected chi connectivity index (χ2v) is 5.00. The van der Waals surface area contributed by atoms with E-state index >= 15 is 0 Å². The standard InChI is InChI=1S/C16H18FN3O/c1-20(2)15(13-6-3-7-14(17)9-13)16(21)19-11-12-5-4-8-18-10-12/h3-10,15H,11H2,1-2H3,(H,19,21)/t15-/m0/s1. The second-order valence-electron chi connectivity index (χ2n) is 5.00. The van der Waals surface area contributed by atoms with Crippen molar-refractivity contribution >= 4 is 5.91 Å². The van der Waals surface area contributed by atoms with E-state index in [2.05, 4.69) is 10.3 Å². The van der Waals surface area contributed by atoms with Gasteiger partial charge in [0.1, 0.15) is 11.9 Å². The lowest BCUT2D eigenvalue weighted by Gasteiger charge is -2.23. The largest absolute Gasteiger partial charge is 0.350 e. The van der Waals surface area contributed by atoms with Crippen molar-refractivity contribution < 1.29 is 9.18 Å². The van der Waals surface area contributed by atoms with E-state index in [1.54, 1.807) is 43.5 Å². The van der Waals surface area contributed by atoms with Crippen molar-refractivity contribution in [1.82, 2.24) is 15.2 Å².